The summed E-state index contributed by atoms with van der Waals surface area (Å²) in [7, 11) is 1.48. The Morgan fingerprint density at radius 2 is 1.55 bits per heavy atom. The zero-order valence-corrected chi connectivity index (χ0v) is 22.5. The first-order valence-corrected chi connectivity index (χ1v) is 13.0. The van der Waals surface area contributed by atoms with E-state index in [1.165, 1.54) is 31.4 Å². The number of aromatic nitrogens is 1. The van der Waals surface area contributed by atoms with E-state index in [1.54, 1.807) is 54.1 Å². The van der Waals surface area contributed by atoms with Gasteiger partial charge in [0, 0.05) is 29.0 Å². The largest absolute Gasteiger partial charge is 0.493 e. The quantitative estimate of drug-likeness (QED) is 0.113. The van der Waals surface area contributed by atoms with Crippen molar-refractivity contribution in [3.05, 3.63) is 78.7 Å². The molecule has 1 aromatic heterocycles. The molecule has 5 rings (SSSR count). The number of amides is 3. The molecule has 1 aliphatic carbocycles. The molecule has 0 saturated heterocycles. The first-order chi connectivity index (χ1) is 20.3. The molecule has 0 aliphatic heterocycles. The van der Waals surface area contributed by atoms with Gasteiger partial charge in [0.15, 0.2) is 11.5 Å². The molecule has 4 aromatic rings. The van der Waals surface area contributed by atoms with Crippen LogP contribution in [0.25, 0.3) is 10.9 Å². The third kappa shape index (κ3) is 6.23. The predicted octanol–water partition coefficient (Wildman–Crippen LogP) is 4.81. The molecular weight excluding hydrogens is 547 g/mol. The number of anilines is 2. The van der Waals surface area contributed by atoms with E-state index in [0.29, 0.717) is 58.1 Å². The summed E-state index contributed by atoms with van der Waals surface area (Å²) in [6, 6.07) is 17.1. The fraction of sp³-hybridized carbons (Fsp3) is 0.200. The van der Waals surface area contributed by atoms with Crippen LogP contribution in [0, 0.1) is 11.2 Å². The monoisotopic (exact) mass is 574 g/mol. The van der Waals surface area contributed by atoms with Crippen LogP contribution in [-0.4, -0.2) is 41.6 Å². The third-order valence-electron chi connectivity index (χ3n) is 6.76. The maximum absolute atomic E-state index is 13.2. The third-order valence-corrected chi connectivity index (χ3v) is 6.76. The van der Waals surface area contributed by atoms with Crippen LogP contribution in [-0.2, 0) is 14.4 Å². The maximum atomic E-state index is 13.2. The van der Waals surface area contributed by atoms with Gasteiger partial charge in [-0.3, -0.25) is 24.6 Å². The molecule has 0 atom stereocenters. The van der Waals surface area contributed by atoms with Crippen LogP contribution in [0.4, 0.5) is 15.8 Å². The summed E-state index contributed by atoms with van der Waals surface area (Å²) in [6.07, 6.45) is 2.35. The molecule has 1 heterocycles. The molecule has 11 nitrogen and oxygen atoms in total. The average Bonchev–Trinajstić information content (AvgIpc) is 3.82. The number of carbonyl (C=O) groups excluding carboxylic acids is 3. The Balaban J connectivity index is 1.26. The summed E-state index contributed by atoms with van der Waals surface area (Å²) < 4.78 is 30.3. The van der Waals surface area contributed by atoms with Crippen molar-refractivity contribution >= 4 is 40.0 Å². The van der Waals surface area contributed by atoms with Gasteiger partial charge in [-0.1, -0.05) is 0 Å². The number of hydroxylamine groups is 1. The Hall–Kier alpha value is -5.23. The van der Waals surface area contributed by atoms with Crippen molar-refractivity contribution in [1.82, 2.24) is 10.5 Å². The Morgan fingerprint density at radius 1 is 0.905 bits per heavy atom. The first-order valence-electron chi connectivity index (χ1n) is 13.0. The van der Waals surface area contributed by atoms with Gasteiger partial charge >= 0.3 is 0 Å². The van der Waals surface area contributed by atoms with Gasteiger partial charge in [-0.15, -0.1) is 0 Å². The molecular formula is C30H27FN4O7. The first kappa shape index (κ1) is 28.3. The Bertz CT molecular complexity index is 1620. The number of benzene rings is 3. The lowest BCUT2D eigenvalue weighted by Crippen LogP contribution is -2.35. The number of rotatable bonds is 11. The van der Waals surface area contributed by atoms with Crippen molar-refractivity contribution in [3.63, 3.8) is 0 Å². The number of hydrogen-bond acceptors (Lipinski definition) is 8. The number of halogens is 1. The van der Waals surface area contributed by atoms with Crippen LogP contribution in [0.3, 0.4) is 0 Å². The van der Waals surface area contributed by atoms with Crippen molar-refractivity contribution in [2.45, 2.75) is 19.3 Å². The van der Waals surface area contributed by atoms with Crippen molar-refractivity contribution in [3.8, 4) is 23.0 Å². The Morgan fingerprint density at radius 3 is 2.14 bits per heavy atom. The number of carbonyl (C=O) groups is 3. The standard InChI is InChI=1S/C30H27FN4O7/c1-40-25-17-23-22(16-26(25)41-15-11-27(36)35-39)24(10-14-32-23)42-21-8-6-20(7-9-21)34-29(38)30(12-13-30)28(37)33-19-4-2-18(31)3-5-19/h2-10,14,16-17,39H,11-13,15H2,1H3,(H,33,37)(H,34,38)(H,35,36). The highest BCUT2D eigenvalue weighted by Gasteiger charge is 2.56. The van der Waals surface area contributed by atoms with Crippen molar-refractivity contribution in [1.29, 1.82) is 0 Å². The van der Waals surface area contributed by atoms with Gasteiger partial charge in [0.25, 0.3) is 0 Å². The minimum absolute atomic E-state index is 0.00702. The number of hydrogen-bond donors (Lipinski definition) is 4. The van der Waals surface area contributed by atoms with E-state index in [1.807, 2.05) is 0 Å². The Kier molecular flexibility index (Phi) is 8.16. The van der Waals surface area contributed by atoms with Crippen molar-refractivity contribution < 1.29 is 38.2 Å². The normalized spacial score (nSPS) is 13.1. The van der Waals surface area contributed by atoms with E-state index in [2.05, 4.69) is 15.6 Å². The van der Waals surface area contributed by atoms with E-state index in [4.69, 9.17) is 19.4 Å². The molecule has 42 heavy (non-hydrogen) atoms. The van der Waals surface area contributed by atoms with E-state index in [-0.39, 0.29) is 13.0 Å². The number of nitrogens with one attached hydrogen (secondary N) is 3. The van der Waals surface area contributed by atoms with E-state index < -0.39 is 29.0 Å². The van der Waals surface area contributed by atoms with Gasteiger partial charge in [0.05, 0.1) is 25.7 Å². The molecule has 0 bridgehead atoms. The van der Waals surface area contributed by atoms with E-state index in [0.717, 1.165) is 0 Å². The molecule has 1 fully saturated rings. The number of ether oxygens (including phenoxy) is 3. The summed E-state index contributed by atoms with van der Waals surface area (Å²) in [6.45, 7) is 0.00702. The number of pyridine rings is 1. The predicted molar refractivity (Wildman–Crippen MR) is 150 cm³/mol. The highest BCUT2D eigenvalue weighted by atomic mass is 19.1. The minimum atomic E-state index is -1.18. The molecule has 0 radical (unpaired) electrons. The molecule has 12 heteroatoms. The van der Waals surface area contributed by atoms with Gasteiger partial charge in [-0.05, 0) is 73.5 Å². The van der Waals surface area contributed by atoms with Crippen LogP contribution in [0.5, 0.6) is 23.0 Å². The van der Waals surface area contributed by atoms with Gasteiger partial charge in [-0.2, -0.15) is 0 Å². The number of nitrogens with zero attached hydrogens (tertiary/aromatic N) is 1. The topological polar surface area (TPSA) is 148 Å². The van der Waals surface area contributed by atoms with Crippen LogP contribution >= 0.6 is 0 Å². The lowest BCUT2D eigenvalue weighted by molar-refractivity contribution is -0.131. The summed E-state index contributed by atoms with van der Waals surface area (Å²) in [5.74, 6) is -0.124. The molecule has 1 aliphatic rings. The van der Waals surface area contributed by atoms with Gasteiger partial charge in [0.1, 0.15) is 22.7 Å². The van der Waals surface area contributed by atoms with Crippen LogP contribution in [0.15, 0.2) is 72.9 Å². The SMILES string of the molecule is COc1cc2nccc(Oc3ccc(NC(=O)C4(C(=O)Nc5ccc(F)cc5)CC4)cc3)c2cc1OCCC(=O)NO. The van der Waals surface area contributed by atoms with Gasteiger partial charge < -0.3 is 24.8 Å². The van der Waals surface area contributed by atoms with Crippen molar-refractivity contribution in [2.75, 3.05) is 24.4 Å². The fourth-order valence-corrected chi connectivity index (χ4v) is 4.25. The summed E-state index contributed by atoms with van der Waals surface area (Å²) in [4.78, 5) is 41.5. The molecule has 3 amide bonds. The minimum Gasteiger partial charge on any atom is -0.493 e. The van der Waals surface area contributed by atoms with E-state index >= 15 is 0 Å². The zero-order chi connectivity index (χ0) is 29.7. The van der Waals surface area contributed by atoms with Crippen LogP contribution in [0.2, 0.25) is 0 Å². The Labute approximate surface area is 239 Å². The second kappa shape index (κ2) is 12.1. The smallest absolute Gasteiger partial charge is 0.246 e. The van der Waals surface area contributed by atoms with Gasteiger partial charge in [0.2, 0.25) is 17.7 Å². The number of fused-ring (bicyclic) bond motifs is 1. The second-order valence-corrected chi connectivity index (χ2v) is 9.59. The van der Waals surface area contributed by atoms with Crippen LogP contribution < -0.4 is 30.3 Å². The summed E-state index contributed by atoms with van der Waals surface area (Å²) >= 11 is 0. The van der Waals surface area contributed by atoms with Crippen LogP contribution in [0.1, 0.15) is 19.3 Å². The lowest BCUT2D eigenvalue weighted by atomic mass is 10.0. The highest BCUT2D eigenvalue weighted by molar-refractivity contribution is 6.16. The molecule has 0 unspecified atom stereocenters. The van der Waals surface area contributed by atoms with E-state index in [9.17, 15) is 18.8 Å². The average molecular weight is 575 g/mol. The summed E-state index contributed by atoms with van der Waals surface area (Å²) in [5.41, 5.74) is 1.86. The molecule has 4 N–H and O–H groups in total. The zero-order valence-electron chi connectivity index (χ0n) is 22.5. The highest BCUT2D eigenvalue weighted by Crippen LogP contribution is 2.47. The number of methoxy groups -OCH3 is 1. The molecule has 3 aromatic carbocycles. The fourth-order valence-electron chi connectivity index (χ4n) is 4.25. The van der Waals surface area contributed by atoms with Gasteiger partial charge in [-0.25, -0.2) is 9.87 Å². The molecule has 1 saturated carbocycles. The second-order valence-electron chi connectivity index (χ2n) is 9.59. The molecule has 216 valence electrons. The molecule has 0 spiro atoms. The van der Waals surface area contributed by atoms with Crippen molar-refractivity contribution in [2.24, 2.45) is 5.41 Å². The maximum Gasteiger partial charge on any atom is 0.246 e. The summed E-state index contributed by atoms with van der Waals surface area (Å²) in [5, 5.41) is 14.8. The lowest BCUT2D eigenvalue weighted by Gasteiger charge is -2.16.